The highest BCUT2D eigenvalue weighted by atomic mass is 16.5. The molecule has 0 saturated carbocycles. The molecule has 0 fully saturated rings. The highest BCUT2D eigenvalue weighted by Gasteiger charge is 2.12. The van der Waals surface area contributed by atoms with Gasteiger partial charge >= 0.3 is 11.9 Å². The Labute approximate surface area is 177 Å². The van der Waals surface area contributed by atoms with Crippen LogP contribution in [-0.4, -0.2) is 25.2 Å². The first-order valence-electron chi connectivity index (χ1n) is 11.6. The summed E-state index contributed by atoms with van der Waals surface area (Å²) >= 11 is 0. The van der Waals surface area contributed by atoms with E-state index in [4.69, 9.17) is 9.47 Å². The summed E-state index contributed by atoms with van der Waals surface area (Å²) in [5.74, 6) is -0.777. The van der Waals surface area contributed by atoms with Crippen molar-refractivity contribution in [2.45, 2.75) is 97.3 Å². The smallest absolute Gasteiger partial charge is 0.338 e. The fourth-order valence-corrected chi connectivity index (χ4v) is 3.24. The van der Waals surface area contributed by atoms with Crippen LogP contribution in [0.3, 0.4) is 0 Å². The van der Waals surface area contributed by atoms with E-state index in [-0.39, 0.29) is 5.97 Å². The number of rotatable bonds is 17. The largest absolute Gasteiger partial charge is 0.462 e. The fourth-order valence-electron chi connectivity index (χ4n) is 3.24. The molecule has 0 heterocycles. The van der Waals surface area contributed by atoms with Crippen LogP contribution >= 0.6 is 0 Å². The summed E-state index contributed by atoms with van der Waals surface area (Å²) < 4.78 is 10.4. The molecule has 0 saturated heterocycles. The van der Waals surface area contributed by atoms with Gasteiger partial charge in [0.25, 0.3) is 0 Å². The Hall–Kier alpha value is -1.84. The molecule has 4 nitrogen and oxygen atoms in total. The normalized spacial score (nSPS) is 10.7. The van der Waals surface area contributed by atoms with E-state index >= 15 is 0 Å². The first-order chi connectivity index (χ1) is 14.2. The topological polar surface area (TPSA) is 52.6 Å². The fraction of sp³-hybridized carbons (Fsp3) is 0.680. The van der Waals surface area contributed by atoms with E-state index in [1.165, 1.54) is 64.2 Å². The Morgan fingerprint density at radius 2 is 1.07 bits per heavy atom. The van der Waals surface area contributed by atoms with Gasteiger partial charge in [0.05, 0.1) is 24.3 Å². The molecule has 4 heteroatoms. The number of hydrogen-bond donors (Lipinski definition) is 0. The molecule has 164 valence electrons. The molecule has 0 spiro atoms. The van der Waals surface area contributed by atoms with Crippen LogP contribution in [0.2, 0.25) is 0 Å². The first kappa shape index (κ1) is 25.2. The molecule has 0 unspecified atom stereocenters. The zero-order chi connectivity index (χ0) is 21.2. The standard InChI is InChI=1S/C25H40O4/c1-3-5-6-7-8-9-10-11-12-13-14-15-20-29-25(27)23-18-16-17-22(21-23)24(26)28-19-4-2/h16-18,21H,3-15,19-20H2,1-2H3. The van der Waals surface area contributed by atoms with Gasteiger partial charge in [-0.3, -0.25) is 0 Å². The van der Waals surface area contributed by atoms with Gasteiger partial charge in [0.15, 0.2) is 0 Å². The Balaban J connectivity index is 2.07. The lowest BCUT2D eigenvalue weighted by molar-refractivity contribution is 0.0497. The van der Waals surface area contributed by atoms with Crippen molar-refractivity contribution in [2.75, 3.05) is 13.2 Å². The maximum Gasteiger partial charge on any atom is 0.338 e. The van der Waals surface area contributed by atoms with Gasteiger partial charge < -0.3 is 9.47 Å². The van der Waals surface area contributed by atoms with Crippen molar-refractivity contribution in [3.05, 3.63) is 35.4 Å². The summed E-state index contributed by atoms with van der Waals surface area (Å²) in [6.07, 6.45) is 16.1. The molecule has 1 aromatic rings. The minimum absolute atomic E-state index is 0.377. The van der Waals surface area contributed by atoms with E-state index < -0.39 is 5.97 Å². The van der Waals surface area contributed by atoms with E-state index in [0.29, 0.717) is 24.3 Å². The second kappa shape index (κ2) is 17.1. The minimum Gasteiger partial charge on any atom is -0.462 e. The molecule has 0 aliphatic rings. The van der Waals surface area contributed by atoms with E-state index in [0.717, 1.165) is 19.3 Å². The number of benzene rings is 1. The van der Waals surface area contributed by atoms with E-state index in [9.17, 15) is 9.59 Å². The van der Waals surface area contributed by atoms with Crippen LogP contribution in [0.4, 0.5) is 0 Å². The Kier molecular flexibility index (Phi) is 14.8. The van der Waals surface area contributed by atoms with Gasteiger partial charge in [0.2, 0.25) is 0 Å². The highest BCUT2D eigenvalue weighted by Crippen LogP contribution is 2.13. The molecule has 29 heavy (non-hydrogen) atoms. The van der Waals surface area contributed by atoms with Crippen molar-refractivity contribution in [1.82, 2.24) is 0 Å². The molecule has 0 atom stereocenters. The van der Waals surface area contributed by atoms with Crippen molar-refractivity contribution in [2.24, 2.45) is 0 Å². The number of carbonyl (C=O) groups excluding carboxylic acids is 2. The Morgan fingerprint density at radius 1 is 0.621 bits per heavy atom. The molecular formula is C25H40O4. The lowest BCUT2D eigenvalue weighted by Crippen LogP contribution is -2.10. The molecule has 0 N–H and O–H groups in total. The van der Waals surface area contributed by atoms with Crippen molar-refractivity contribution in [1.29, 1.82) is 0 Å². The SMILES string of the molecule is CCCCCCCCCCCCCCOC(=O)c1cccc(C(=O)OCCC)c1. The lowest BCUT2D eigenvalue weighted by atomic mass is 10.1. The Bertz CT molecular complexity index is 568. The monoisotopic (exact) mass is 404 g/mol. The zero-order valence-corrected chi connectivity index (χ0v) is 18.5. The number of unbranched alkanes of at least 4 members (excludes halogenated alkanes) is 11. The van der Waals surface area contributed by atoms with Crippen LogP contribution in [0.25, 0.3) is 0 Å². The maximum atomic E-state index is 12.2. The number of carbonyl (C=O) groups is 2. The van der Waals surface area contributed by atoms with Gasteiger partial charge in [-0.25, -0.2) is 9.59 Å². The molecule has 0 bridgehead atoms. The molecular weight excluding hydrogens is 364 g/mol. The van der Waals surface area contributed by atoms with Gasteiger partial charge in [0.1, 0.15) is 0 Å². The van der Waals surface area contributed by atoms with Crippen LogP contribution in [0.1, 0.15) is 118 Å². The maximum absolute atomic E-state index is 12.2. The predicted octanol–water partition coefficient (Wildman–Crippen LogP) is 7.11. The van der Waals surface area contributed by atoms with Gasteiger partial charge in [-0.1, -0.05) is 90.5 Å². The Morgan fingerprint density at radius 3 is 1.55 bits per heavy atom. The van der Waals surface area contributed by atoms with Gasteiger partial charge in [-0.2, -0.15) is 0 Å². The average molecular weight is 405 g/mol. The van der Waals surface area contributed by atoms with E-state index in [1.54, 1.807) is 24.3 Å². The third kappa shape index (κ3) is 12.4. The minimum atomic E-state index is -0.401. The van der Waals surface area contributed by atoms with E-state index in [2.05, 4.69) is 6.92 Å². The number of hydrogen-bond acceptors (Lipinski definition) is 4. The number of ether oxygens (including phenoxy) is 2. The molecule has 0 radical (unpaired) electrons. The van der Waals surface area contributed by atoms with E-state index in [1.807, 2.05) is 6.92 Å². The van der Waals surface area contributed by atoms with Gasteiger partial charge in [0, 0.05) is 0 Å². The van der Waals surface area contributed by atoms with Crippen LogP contribution in [0.5, 0.6) is 0 Å². The quantitative estimate of drug-likeness (QED) is 0.205. The summed E-state index contributed by atoms with van der Waals surface area (Å²) in [6.45, 7) is 5.01. The zero-order valence-electron chi connectivity index (χ0n) is 18.5. The van der Waals surface area contributed by atoms with Crippen molar-refractivity contribution < 1.29 is 19.1 Å². The average Bonchev–Trinajstić information content (AvgIpc) is 2.75. The van der Waals surface area contributed by atoms with Gasteiger partial charge in [-0.15, -0.1) is 0 Å². The predicted molar refractivity (Wildman–Crippen MR) is 118 cm³/mol. The molecule has 1 aromatic carbocycles. The molecule has 0 amide bonds. The molecule has 0 aliphatic carbocycles. The summed E-state index contributed by atoms with van der Waals surface area (Å²) in [5, 5.41) is 0. The van der Waals surface area contributed by atoms with Crippen molar-refractivity contribution in [3.8, 4) is 0 Å². The van der Waals surface area contributed by atoms with Crippen LogP contribution in [0, 0.1) is 0 Å². The van der Waals surface area contributed by atoms with Crippen LogP contribution < -0.4 is 0 Å². The van der Waals surface area contributed by atoms with Crippen LogP contribution in [0.15, 0.2) is 24.3 Å². The molecule has 0 aromatic heterocycles. The molecule has 0 aliphatic heterocycles. The second-order valence-electron chi connectivity index (χ2n) is 7.74. The second-order valence-corrected chi connectivity index (χ2v) is 7.74. The third-order valence-electron chi connectivity index (χ3n) is 5.00. The van der Waals surface area contributed by atoms with Crippen molar-refractivity contribution in [3.63, 3.8) is 0 Å². The first-order valence-corrected chi connectivity index (χ1v) is 11.6. The summed E-state index contributed by atoms with van der Waals surface area (Å²) in [4.78, 5) is 24.1. The highest BCUT2D eigenvalue weighted by molar-refractivity contribution is 5.95. The van der Waals surface area contributed by atoms with Crippen molar-refractivity contribution >= 4 is 11.9 Å². The summed E-state index contributed by atoms with van der Waals surface area (Å²) in [5.41, 5.74) is 0.785. The number of esters is 2. The summed E-state index contributed by atoms with van der Waals surface area (Å²) in [7, 11) is 0. The third-order valence-corrected chi connectivity index (χ3v) is 5.00. The summed E-state index contributed by atoms with van der Waals surface area (Å²) in [6, 6.07) is 6.55. The lowest BCUT2D eigenvalue weighted by Gasteiger charge is -2.07. The van der Waals surface area contributed by atoms with Gasteiger partial charge in [-0.05, 0) is 31.0 Å². The molecule has 1 rings (SSSR count). The van der Waals surface area contributed by atoms with Crippen LogP contribution in [-0.2, 0) is 9.47 Å².